The molecule has 9 heteroatoms. The lowest BCUT2D eigenvalue weighted by molar-refractivity contribution is 0.183. The van der Waals surface area contributed by atoms with E-state index < -0.39 is 15.7 Å². The van der Waals surface area contributed by atoms with Gasteiger partial charge in [0.05, 0.1) is 7.11 Å². The number of nitrogens with zero attached hydrogens (tertiary/aromatic N) is 1. The van der Waals surface area contributed by atoms with Crippen molar-refractivity contribution in [2.45, 2.75) is 44.3 Å². The number of carbonyl (C=O) groups excluding carboxylic acids is 1. The molecule has 1 N–H and O–H groups in total. The molecule has 0 fully saturated rings. The summed E-state index contributed by atoms with van der Waals surface area (Å²) in [5, 5.41) is 2.93. The second-order valence-electron chi connectivity index (χ2n) is 9.02. The number of amides is 2. The molecule has 186 valence electrons. The first-order chi connectivity index (χ1) is 16.4. The molecule has 0 unspecified atom stereocenters. The Kier molecular flexibility index (Phi) is 8.01. The molecule has 0 atom stereocenters. The number of hydrogen-bond acceptors (Lipinski definition) is 5. The molecule has 3 rings (SSSR count). The van der Waals surface area contributed by atoms with Crippen molar-refractivity contribution in [1.82, 2.24) is 10.2 Å². The molecule has 0 aromatic heterocycles. The summed E-state index contributed by atoms with van der Waals surface area (Å²) < 4.78 is 49.1. The van der Waals surface area contributed by atoms with Crippen LogP contribution in [0, 0.1) is 5.82 Å². The standard InChI is InChI=1S/C26H29FN2O5S/c1-26(2,3)28-25(30)29(17-19-8-10-21(27)11-9-19)18-20-6-5-7-23(16-20)34-35(31,32)24-14-12-22(33-4)13-15-24/h5-16H,17-18H2,1-4H3,(H,28,30). The van der Waals surface area contributed by atoms with Crippen molar-refractivity contribution >= 4 is 16.1 Å². The van der Waals surface area contributed by atoms with E-state index in [0.29, 0.717) is 11.3 Å². The van der Waals surface area contributed by atoms with Crippen LogP contribution in [0.5, 0.6) is 11.5 Å². The zero-order valence-corrected chi connectivity index (χ0v) is 20.9. The summed E-state index contributed by atoms with van der Waals surface area (Å²) in [6.45, 7) is 6.04. The average molecular weight is 501 g/mol. The third-order valence-electron chi connectivity index (χ3n) is 4.88. The third kappa shape index (κ3) is 7.71. The molecule has 2 amide bonds. The molecule has 0 heterocycles. The van der Waals surface area contributed by atoms with Crippen LogP contribution in [0.15, 0.2) is 77.7 Å². The Balaban J connectivity index is 1.81. The monoisotopic (exact) mass is 500 g/mol. The summed E-state index contributed by atoms with van der Waals surface area (Å²) in [6.07, 6.45) is 0. The lowest BCUT2D eigenvalue weighted by atomic mass is 10.1. The van der Waals surface area contributed by atoms with Crippen molar-refractivity contribution in [2.24, 2.45) is 0 Å². The maximum absolute atomic E-state index is 13.3. The van der Waals surface area contributed by atoms with Crippen LogP contribution in [0.25, 0.3) is 0 Å². The van der Waals surface area contributed by atoms with Gasteiger partial charge in [0, 0.05) is 18.6 Å². The fourth-order valence-corrected chi connectivity index (χ4v) is 4.17. The third-order valence-corrected chi connectivity index (χ3v) is 6.14. The van der Waals surface area contributed by atoms with Gasteiger partial charge >= 0.3 is 16.1 Å². The number of nitrogens with one attached hydrogen (secondary N) is 1. The van der Waals surface area contributed by atoms with E-state index in [1.54, 1.807) is 35.2 Å². The van der Waals surface area contributed by atoms with Gasteiger partial charge in [-0.15, -0.1) is 0 Å². The van der Waals surface area contributed by atoms with Gasteiger partial charge in [0.1, 0.15) is 22.2 Å². The first-order valence-electron chi connectivity index (χ1n) is 10.9. The molecule has 0 bridgehead atoms. The van der Waals surface area contributed by atoms with Crippen LogP contribution in [-0.4, -0.2) is 32.0 Å². The average Bonchev–Trinajstić information content (AvgIpc) is 2.79. The predicted molar refractivity (Wildman–Crippen MR) is 131 cm³/mol. The predicted octanol–water partition coefficient (Wildman–Crippen LogP) is 5.11. The molecule has 0 saturated heterocycles. The van der Waals surface area contributed by atoms with Gasteiger partial charge in [-0.25, -0.2) is 9.18 Å². The maximum Gasteiger partial charge on any atom is 0.339 e. The molecule has 0 saturated carbocycles. The molecular formula is C26H29FN2O5S. The van der Waals surface area contributed by atoms with Crippen LogP contribution in [0.2, 0.25) is 0 Å². The van der Waals surface area contributed by atoms with Crippen molar-refractivity contribution in [3.63, 3.8) is 0 Å². The molecule has 7 nitrogen and oxygen atoms in total. The summed E-state index contributed by atoms with van der Waals surface area (Å²) in [7, 11) is -2.57. The highest BCUT2D eigenvalue weighted by atomic mass is 32.2. The summed E-state index contributed by atoms with van der Waals surface area (Å²) in [4.78, 5) is 14.5. The number of rotatable bonds is 8. The van der Waals surface area contributed by atoms with Gasteiger partial charge in [-0.2, -0.15) is 8.42 Å². The van der Waals surface area contributed by atoms with Gasteiger partial charge in [-0.05, 0) is 80.4 Å². The van der Waals surface area contributed by atoms with Gasteiger partial charge in [-0.1, -0.05) is 24.3 Å². The van der Waals surface area contributed by atoms with E-state index in [-0.39, 0.29) is 35.6 Å². The second-order valence-corrected chi connectivity index (χ2v) is 10.6. The molecule has 3 aromatic rings. The summed E-state index contributed by atoms with van der Waals surface area (Å²) in [5.41, 5.74) is 0.957. The topological polar surface area (TPSA) is 84.9 Å². The van der Waals surface area contributed by atoms with Crippen LogP contribution < -0.4 is 14.2 Å². The molecule has 0 spiro atoms. The van der Waals surface area contributed by atoms with Gasteiger partial charge < -0.3 is 19.1 Å². The van der Waals surface area contributed by atoms with Crippen LogP contribution in [0.4, 0.5) is 9.18 Å². The molecule has 0 aliphatic heterocycles. The Morgan fingerprint density at radius 2 is 1.54 bits per heavy atom. The highest BCUT2D eigenvalue weighted by Gasteiger charge is 2.21. The number of hydrogen-bond donors (Lipinski definition) is 1. The van der Waals surface area contributed by atoms with Crippen LogP contribution >= 0.6 is 0 Å². The van der Waals surface area contributed by atoms with Crippen LogP contribution in [0.3, 0.4) is 0 Å². The van der Waals surface area contributed by atoms with E-state index >= 15 is 0 Å². The molecule has 0 aliphatic rings. The zero-order chi connectivity index (χ0) is 25.6. The van der Waals surface area contributed by atoms with Gasteiger partial charge in [0.2, 0.25) is 0 Å². The van der Waals surface area contributed by atoms with Crippen LogP contribution in [-0.2, 0) is 23.2 Å². The first-order valence-corrected chi connectivity index (χ1v) is 12.3. The smallest absolute Gasteiger partial charge is 0.339 e. The Morgan fingerprint density at radius 3 is 2.14 bits per heavy atom. The summed E-state index contributed by atoms with van der Waals surface area (Å²) in [6, 6.07) is 18.0. The summed E-state index contributed by atoms with van der Waals surface area (Å²) in [5.74, 6) is 0.291. The largest absolute Gasteiger partial charge is 0.497 e. The first kappa shape index (κ1) is 26.0. The SMILES string of the molecule is COc1ccc(S(=O)(=O)Oc2cccc(CN(Cc3ccc(F)cc3)C(=O)NC(C)(C)C)c2)cc1. The Bertz CT molecular complexity index is 1250. The normalized spacial score (nSPS) is 11.6. The van der Waals surface area contributed by atoms with Gasteiger partial charge in [-0.3, -0.25) is 0 Å². The number of ether oxygens (including phenoxy) is 1. The highest BCUT2D eigenvalue weighted by molar-refractivity contribution is 7.87. The number of methoxy groups -OCH3 is 1. The quantitative estimate of drug-likeness (QED) is 0.435. The molecule has 0 aliphatic carbocycles. The number of carbonyl (C=O) groups is 1. The van der Waals surface area contributed by atoms with E-state index in [0.717, 1.165) is 5.56 Å². The van der Waals surface area contributed by atoms with E-state index in [9.17, 15) is 17.6 Å². The van der Waals surface area contributed by atoms with Crippen molar-refractivity contribution in [1.29, 1.82) is 0 Å². The van der Waals surface area contributed by atoms with E-state index in [1.165, 1.54) is 49.6 Å². The second kappa shape index (κ2) is 10.8. The lowest BCUT2D eigenvalue weighted by Crippen LogP contribution is -2.47. The van der Waals surface area contributed by atoms with E-state index in [4.69, 9.17) is 8.92 Å². The van der Waals surface area contributed by atoms with Crippen molar-refractivity contribution in [3.05, 3.63) is 89.7 Å². The minimum atomic E-state index is -4.06. The van der Waals surface area contributed by atoms with E-state index in [2.05, 4.69) is 5.32 Å². The molecular weight excluding hydrogens is 471 g/mol. The highest BCUT2D eigenvalue weighted by Crippen LogP contribution is 2.23. The summed E-state index contributed by atoms with van der Waals surface area (Å²) >= 11 is 0. The number of halogens is 1. The number of urea groups is 1. The van der Waals surface area contributed by atoms with Crippen LogP contribution in [0.1, 0.15) is 31.9 Å². The Hall–Kier alpha value is -3.59. The zero-order valence-electron chi connectivity index (χ0n) is 20.1. The van der Waals surface area contributed by atoms with Crippen molar-refractivity contribution < 1.29 is 26.5 Å². The van der Waals surface area contributed by atoms with E-state index in [1.807, 2.05) is 20.8 Å². The number of benzene rings is 3. The lowest BCUT2D eigenvalue weighted by Gasteiger charge is -2.29. The van der Waals surface area contributed by atoms with Gasteiger partial charge in [0.15, 0.2) is 0 Å². The fourth-order valence-electron chi connectivity index (χ4n) is 3.24. The molecule has 3 aromatic carbocycles. The van der Waals surface area contributed by atoms with Crippen molar-refractivity contribution in [3.8, 4) is 11.5 Å². The minimum absolute atomic E-state index is 0.00815. The molecule has 35 heavy (non-hydrogen) atoms. The Labute approximate surface area is 205 Å². The van der Waals surface area contributed by atoms with Crippen molar-refractivity contribution in [2.75, 3.05) is 7.11 Å². The minimum Gasteiger partial charge on any atom is -0.497 e. The Morgan fingerprint density at radius 1 is 0.914 bits per heavy atom. The molecule has 0 radical (unpaired) electrons. The van der Waals surface area contributed by atoms with Gasteiger partial charge in [0.25, 0.3) is 0 Å². The maximum atomic E-state index is 13.3. The fraction of sp³-hybridized carbons (Fsp3) is 0.269.